The topological polar surface area (TPSA) is 38.3 Å². The van der Waals surface area contributed by atoms with E-state index in [1.54, 1.807) is 11.8 Å². The quantitative estimate of drug-likeness (QED) is 0.569. The number of thioether (sulfide) groups is 1. The molecule has 1 N–H and O–H groups in total. The van der Waals surface area contributed by atoms with Crippen molar-refractivity contribution in [1.82, 2.24) is 5.32 Å². The Morgan fingerprint density at radius 3 is 2.71 bits per heavy atom. The van der Waals surface area contributed by atoms with Crippen LogP contribution >= 0.6 is 11.8 Å². The Hall–Kier alpha value is -2.20. The maximum absolute atomic E-state index is 12.5. The molecule has 0 fully saturated rings. The Labute approximate surface area is 148 Å². The van der Waals surface area contributed by atoms with Gasteiger partial charge in [-0.15, -0.1) is 18.3 Å². The predicted octanol–water partition coefficient (Wildman–Crippen LogP) is 4.47. The van der Waals surface area contributed by atoms with Gasteiger partial charge in [-0.05, 0) is 37.6 Å². The second-order valence-corrected chi connectivity index (χ2v) is 6.61. The molecule has 2 aromatic carbocycles. The van der Waals surface area contributed by atoms with Crippen LogP contribution in [0.2, 0.25) is 0 Å². The predicted molar refractivity (Wildman–Crippen MR) is 101 cm³/mol. The van der Waals surface area contributed by atoms with Crippen molar-refractivity contribution in [2.75, 3.05) is 12.4 Å². The summed E-state index contributed by atoms with van der Waals surface area (Å²) < 4.78 is 5.80. The first-order valence-corrected chi connectivity index (χ1v) is 8.92. The molecule has 2 rings (SSSR count). The molecule has 4 heteroatoms. The smallest absolute Gasteiger partial charge is 0.252 e. The third kappa shape index (κ3) is 5.17. The Morgan fingerprint density at radius 2 is 1.96 bits per heavy atom. The maximum atomic E-state index is 12.5. The van der Waals surface area contributed by atoms with Crippen molar-refractivity contribution >= 4 is 17.7 Å². The summed E-state index contributed by atoms with van der Waals surface area (Å²) in [5.41, 5.74) is 1.77. The fraction of sp³-hybridized carbons (Fsp3) is 0.250. The number of hydrogen-bond acceptors (Lipinski definition) is 3. The van der Waals surface area contributed by atoms with E-state index < -0.39 is 0 Å². The molecular weight excluding hydrogens is 318 g/mol. The Bertz CT molecular complexity index is 700. The van der Waals surface area contributed by atoms with Crippen LogP contribution in [0.25, 0.3) is 0 Å². The molecule has 2 aromatic rings. The van der Waals surface area contributed by atoms with Crippen molar-refractivity contribution in [3.05, 3.63) is 72.3 Å². The van der Waals surface area contributed by atoms with E-state index in [0.29, 0.717) is 12.2 Å². The molecule has 24 heavy (non-hydrogen) atoms. The van der Waals surface area contributed by atoms with E-state index in [1.807, 2.05) is 68.5 Å². The lowest BCUT2D eigenvalue weighted by molar-refractivity contribution is 0.0923. The lowest BCUT2D eigenvalue weighted by atomic mass is 10.2. The minimum Gasteiger partial charge on any atom is -0.491 e. The second-order valence-electron chi connectivity index (χ2n) is 5.55. The minimum absolute atomic E-state index is 0.0805. The lowest BCUT2D eigenvalue weighted by Gasteiger charge is -2.17. The molecule has 0 aromatic heterocycles. The summed E-state index contributed by atoms with van der Waals surface area (Å²) in [6.45, 7) is 8.10. The normalized spacial score (nSPS) is 11.6. The van der Waals surface area contributed by atoms with Gasteiger partial charge in [0.25, 0.3) is 5.91 Å². The summed E-state index contributed by atoms with van der Waals surface area (Å²) in [6, 6.07) is 15.4. The van der Waals surface area contributed by atoms with Crippen molar-refractivity contribution in [2.45, 2.75) is 24.8 Å². The molecule has 126 valence electrons. The number of rotatable bonds is 8. The van der Waals surface area contributed by atoms with Crippen LogP contribution in [0, 0.1) is 6.92 Å². The Kier molecular flexibility index (Phi) is 6.94. The number of hydrogen-bond donors (Lipinski definition) is 1. The molecule has 3 nitrogen and oxygen atoms in total. The summed E-state index contributed by atoms with van der Waals surface area (Å²) in [4.78, 5) is 13.5. The summed E-state index contributed by atoms with van der Waals surface area (Å²) in [7, 11) is 0. The van der Waals surface area contributed by atoms with Gasteiger partial charge in [0.2, 0.25) is 0 Å². The number of ether oxygens (including phenoxy) is 1. The molecule has 1 atom stereocenters. The molecule has 0 bridgehead atoms. The van der Waals surface area contributed by atoms with Crippen molar-refractivity contribution in [3.63, 3.8) is 0 Å². The van der Waals surface area contributed by atoms with Crippen LogP contribution < -0.4 is 10.1 Å². The van der Waals surface area contributed by atoms with Gasteiger partial charge in [0.1, 0.15) is 12.4 Å². The second kappa shape index (κ2) is 9.18. The molecule has 0 saturated heterocycles. The zero-order valence-electron chi connectivity index (χ0n) is 14.1. The highest BCUT2D eigenvalue weighted by molar-refractivity contribution is 7.99. The summed E-state index contributed by atoms with van der Waals surface area (Å²) in [6.07, 6.45) is 1.83. The number of benzene rings is 2. The summed E-state index contributed by atoms with van der Waals surface area (Å²) in [5.74, 6) is 1.54. The molecule has 0 aliphatic carbocycles. The van der Waals surface area contributed by atoms with E-state index in [1.165, 1.54) is 0 Å². The first kappa shape index (κ1) is 18.1. The monoisotopic (exact) mass is 341 g/mol. The van der Waals surface area contributed by atoms with E-state index >= 15 is 0 Å². The molecule has 0 heterocycles. The highest BCUT2D eigenvalue weighted by atomic mass is 32.2. The van der Waals surface area contributed by atoms with E-state index in [0.717, 1.165) is 22.0 Å². The molecule has 0 aliphatic heterocycles. The molecule has 0 aliphatic rings. The SMILES string of the molecule is C=CCSc1ccccc1C(=O)NC(C)COc1ccccc1C. The van der Waals surface area contributed by atoms with Gasteiger partial charge in [-0.3, -0.25) is 4.79 Å². The number of carbonyl (C=O) groups is 1. The van der Waals surface area contributed by atoms with Gasteiger partial charge in [0.15, 0.2) is 0 Å². The fourth-order valence-electron chi connectivity index (χ4n) is 2.21. The van der Waals surface area contributed by atoms with Crippen LogP contribution in [0.4, 0.5) is 0 Å². The zero-order chi connectivity index (χ0) is 17.4. The molecular formula is C20H23NO2S. The number of amides is 1. The van der Waals surface area contributed by atoms with Crippen LogP contribution in [0.15, 0.2) is 66.1 Å². The molecule has 1 unspecified atom stereocenters. The average molecular weight is 341 g/mol. The molecule has 0 spiro atoms. The van der Waals surface area contributed by atoms with Crippen LogP contribution in [-0.4, -0.2) is 24.3 Å². The number of nitrogens with one attached hydrogen (secondary N) is 1. The van der Waals surface area contributed by atoms with Crippen molar-refractivity contribution in [3.8, 4) is 5.75 Å². The number of aryl methyl sites for hydroxylation is 1. The van der Waals surface area contributed by atoms with Gasteiger partial charge < -0.3 is 10.1 Å². The van der Waals surface area contributed by atoms with Crippen molar-refractivity contribution in [1.29, 1.82) is 0 Å². The van der Waals surface area contributed by atoms with Crippen LogP contribution in [0.5, 0.6) is 5.75 Å². The number of carbonyl (C=O) groups excluding carboxylic acids is 1. The largest absolute Gasteiger partial charge is 0.491 e. The minimum atomic E-state index is -0.0884. The molecule has 0 saturated carbocycles. The van der Waals surface area contributed by atoms with Crippen LogP contribution in [-0.2, 0) is 0 Å². The van der Waals surface area contributed by atoms with Gasteiger partial charge in [0.05, 0.1) is 11.6 Å². The lowest BCUT2D eigenvalue weighted by Crippen LogP contribution is -2.37. The first-order valence-electron chi connectivity index (χ1n) is 7.94. The van der Waals surface area contributed by atoms with Crippen molar-refractivity contribution < 1.29 is 9.53 Å². The van der Waals surface area contributed by atoms with E-state index in [-0.39, 0.29) is 11.9 Å². The van der Waals surface area contributed by atoms with Crippen LogP contribution in [0.1, 0.15) is 22.8 Å². The third-order valence-corrected chi connectivity index (χ3v) is 4.52. The van der Waals surface area contributed by atoms with Gasteiger partial charge >= 0.3 is 0 Å². The van der Waals surface area contributed by atoms with E-state index in [9.17, 15) is 4.79 Å². The first-order chi connectivity index (χ1) is 11.6. The van der Waals surface area contributed by atoms with Gasteiger partial charge in [-0.1, -0.05) is 36.4 Å². The Morgan fingerprint density at radius 1 is 1.25 bits per heavy atom. The van der Waals surface area contributed by atoms with Crippen molar-refractivity contribution in [2.24, 2.45) is 0 Å². The van der Waals surface area contributed by atoms with Crippen LogP contribution in [0.3, 0.4) is 0 Å². The van der Waals surface area contributed by atoms with Gasteiger partial charge in [-0.25, -0.2) is 0 Å². The Balaban J connectivity index is 1.94. The highest BCUT2D eigenvalue weighted by Gasteiger charge is 2.14. The summed E-state index contributed by atoms with van der Waals surface area (Å²) in [5, 5.41) is 3.00. The van der Waals surface area contributed by atoms with E-state index in [4.69, 9.17) is 4.74 Å². The molecule has 1 amide bonds. The van der Waals surface area contributed by atoms with E-state index in [2.05, 4.69) is 11.9 Å². The third-order valence-electron chi connectivity index (χ3n) is 3.45. The molecule has 0 radical (unpaired) electrons. The maximum Gasteiger partial charge on any atom is 0.252 e. The number of para-hydroxylation sites is 1. The average Bonchev–Trinajstić information content (AvgIpc) is 2.59. The zero-order valence-corrected chi connectivity index (χ0v) is 14.9. The summed E-state index contributed by atoms with van der Waals surface area (Å²) >= 11 is 1.60. The fourth-order valence-corrected chi connectivity index (χ4v) is 2.99. The van der Waals surface area contributed by atoms with Gasteiger partial charge in [0, 0.05) is 10.6 Å². The van der Waals surface area contributed by atoms with Gasteiger partial charge in [-0.2, -0.15) is 0 Å². The standard InChI is InChI=1S/C20H23NO2S/c1-4-13-24-19-12-8-6-10-17(19)20(22)21-16(3)14-23-18-11-7-5-9-15(18)2/h4-12,16H,1,13-14H2,2-3H3,(H,21,22). The highest BCUT2D eigenvalue weighted by Crippen LogP contribution is 2.22.